The zero-order chi connectivity index (χ0) is 18.4. The number of carbonyl (C=O) groups is 2. The maximum Gasteiger partial charge on any atom is 0.344 e. The number of nitrogens with one attached hydrogen (secondary N) is 1. The van der Waals surface area contributed by atoms with Crippen LogP contribution < -0.4 is 10.1 Å². The molecule has 5 nitrogen and oxygen atoms in total. The highest BCUT2D eigenvalue weighted by molar-refractivity contribution is 6.32. The van der Waals surface area contributed by atoms with Gasteiger partial charge in [-0.3, -0.25) is 4.79 Å². The monoisotopic (exact) mass is 361 g/mol. The molecular weight excluding hydrogens is 342 g/mol. The molecule has 0 aliphatic heterocycles. The van der Waals surface area contributed by atoms with Gasteiger partial charge in [0, 0.05) is 5.69 Å². The fourth-order valence-electron chi connectivity index (χ4n) is 2.02. The number of rotatable bonds is 6. The summed E-state index contributed by atoms with van der Waals surface area (Å²) in [6, 6.07) is 12.6. The zero-order valence-electron chi connectivity index (χ0n) is 14.3. The Morgan fingerprint density at radius 1 is 1.08 bits per heavy atom. The van der Waals surface area contributed by atoms with E-state index >= 15 is 0 Å². The van der Waals surface area contributed by atoms with Gasteiger partial charge in [0.05, 0.1) is 5.02 Å². The zero-order valence-corrected chi connectivity index (χ0v) is 15.1. The summed E-state index contributed by atoms with van der Waals surface area (Å²) in [4.78, 5) is 23.9. The summed E-state index contributed by atoms with van der Waals surface area (Å²) in [5.41, 5.74) is 2.68. The molecule has 2 aromatic carbocycles. The van der Waals surface area contributed by atoms with E-state index in [-0.39, 0.29) is 6.61 Å². The van der Waals surface area contributed by atoms with Gasteiger partial charge in [-0.25, -0.2) is 4.79 Å². The van der Waals surface area contributed by atoms with Gasteiger partial charge in [-0.2, -0.15) is 0 Å². The van der Waals surface area contributed by atoms with Crippen molar-refractivity contribution in [2.24, 2.45) is 0 Å². The number of anilines is 1. The molecule has 0 saturated heterocycles. The fourth-order valence-corrected chi connectivity index (χ4v) is 2.20. The van der Waals surface area contributed by atoms with Crippen LogP contribution in [0.2, 0.25) is 5.02 Å². The Morgan fingerprint density at radius 3 is 2.40 bits per heavy atom. The maximum absolute atomic E-state index is 12.1. The van der Waals surface area contributed by atoms with Gasteiger partial charge in [-0.15, -0.1) is 0 Å². The van der Waals surface area contributed by atoms with Crippen LogP contribution in [0, 0.1) is 13.8 Å². The molecule has 0 fully saturated rings. The molecule has 25 heavy (non-hydrogen) atoms. The van der Waals surface area contributed by atoms with Gasteiger partial charge in [-0.05, 0) is 50.6 Å². The van der Waals surface area contributed by atoms with Gasteiger partial charge in [-0.1, -0.05) is 35.4 Å². The Labute approximate surface area is 151 Å². The van der Waals surface area contributed by atoms with Crippen molar-refractivity contribution in [1.82, 2.24) is 0 Å². The Bertz CT molecular complexity index is 759. The topological polar surface area (TPSA) is 64.6 Å². The van der Waals surface area contributed by atoms with Crippen molar-refractivity contribution in [3.63, 3.8) is 0 Å². The van der Waals surface area contributed by atoms with Crippen molar-refractivity contribution >= 4 is 29.2 Å². The van der Waals surface area contributed by atoms with Crippen LogP contribution in [-0.4, -0.2) is 24.6 Å². The van der Waals surface area contributed by atoms with Crippen molar-refractivity contribution < 1.29 is 19.1 Å². The van der Waals surface area contributed by atoms with Gasteiger partial charge in [0.2, 0.25) is 0 Å². The van der Waals surface area contributed by atoms with Crippen LogP contribution in [0.1, 0.15) is 18.1 Å². The van der Waals surface area contributed by atoms with E-state index < -0.39 is 18.0 Å². The standard InChI is InChI=1S/C19H20ClNO4/c1-12-4-7-15(8-5-12)21-19(23)14(3)25-18(22)11-24-17-10-13(2)6-9-16(17)20/h4-10,14H,11H2,1-3H3,(H,21,23)/t14-/m1/s1. The van der Waals surface area contributed by atoms with Crippen molar-refractivity contribution in [3.8, 4) is 5.75 Å². The van der Waals surface area contributed by atoms with E-state index in [4.69, 9.17) is 21.1 Å². The molecule has 1 amide bonds. The van der Waals surface area contributed by atoms with Crippen molar-refractivity contribution in [3.05, 3.63) is 58.6 Å². The number of ether oxygens (including phenoxy) is 2. The minimum atomic E-state index is -0.939. The van der Waals surface area contributed by atoms with Crippen LogP contribution in [0.25, 0.3) is 0 Å². The van der Waals surface area contributed by atoms with Crippen molar-refractivity contribution in [2.75, 3.05) is 11.9 Å². The van der Waals surface area contributed by atoms with E-state index in [1.165, 1.54) is 6.92 Å². The number of benzene rings is 2. The molecule has 0 aromatic heterocycles. The van der Waals surface area contributed by atoms with Gasteiger partial charge in [0.15, 0.2) is 12.7 Å². The van der Waals surface area contributed by atoms with Crippen LogP contribution in [0.15, 0.2) is 42.5 Å². The first-order chi connectivity index (χ1) is 11.8. The highest BCUT2D eigenvalue weighted by Crippen LogP contribution is 2.25. The van der Waals surface area contributed by atoms with Gasteiger partial charge < -0.3 is 14.8 Å². The van der Waals surface area contributed by atoms with E-state index in [0.29, 0.717) is 16.5 Å². The Hall–Kier alpha value is -2.53. The highest BCUT2D eigenvalue weighted by Gasteiger charge is 2.18. The third-order valence-electron chi connectivity index (χ3n) is 3.43. The minimum Gasteiger partial charge on any atom is -0.480 e. The minimum absolute atomic E-state index is 0.328. The van der Waals surface area contributed by atoms with Crippen LogP contribution in [-0.2, 0) is 14.3 Å². The molecule has 2 rings (SSSR count). The molecule has 0 spiro atoms. The summed E-state index contributed by atoms with van der Waals surface area (Å²) < 4.78 is 10.4. The second-order valence-electron chi connectivity index (χ2n) is 5.71. The number of hydrogen-bond donors (Lipinski definition) is 1. The van der Waals surface area contributed by atoms with E-state index in [1.54, 1.807) is 24.3 Å². The van der Waals surface area contributed by atoms with Crippen LogP contribution in [0.5, 0.6) is 5.75 Å². The predicted molar refractivity (Wildman–Crippen MR) is 97.0 cm³/mol. The van der Waals surface area contributed by atoms with E-state index in [0.717, 1.165) is 11.1 Å². The number of esters is 1. The first-order valence-electron chi connectivity index (χ1n) is 7.81. The summed E-state index contributed by atoms with van der Waals surface area (Å²) in [5.74, 6) is -0.662. The SMILES string of the molecule is Cc1ccc(NC(=O)[C@@H](C)OC(=O)COc2cc(C)ccc2Cl)cc1. The molecule has 0 saturated carbocycles. The molecule has 132 valence electrons. The lowest BCUT2D eigenvalue weighted by Gasteiger charge is -2.14. The van der Waals surface area contributed by atoms with Crippen LogP contribution >= 0.6 is 11.6 Å². The largest absolute Gasteiger partial charge is 0.480 e. The smallest absolute Gasteiger partial charge is 0.344 e. The molecular formula is C19H20ClNO4. The van der Waals surface area contributed by atoms with Crippen molar-refractivity contribution in [2.45, 2.75) is 26.9 Å². The first kappa shape index (κ1) is 18.8. The number of amides is 1. The Kier molecular flexibility index (Phi) is 6.42. The number of carbonyl (C=O) groups excluding carboxylic acids is 2. The van der Waals surface area contributed by atoms with Gasteiger partial charge in [0.1, 0.15) is 5.75 Å². The Balaban J connectivity index is 1.83. The molecule has 1 N–H and O–H groups in total. The average molecular weight is 362 g/mol. The quantitative estimate of drug-likeness (QED) is 0.792. The number of hydrogen-bond acceptors (Lipinski definition) is 4. The lowest BCUT2D eigenvalue weighted by Crippen LogP contribution is -2.31. The number of halogens is 1. The molecule has 6 heteroatoms. The predicted octanol–water partition coefficient (Wildman–Crippen LogP) is 3.91. The van der Waals surface area contributed by atoms with E-state index in [9.17, 15) is 9.59 Å². The molecule has 0 radical (unpaired) electrons. The molecule has 0 aliphatic carbocycles. The summed E-state index contributed by atoms with van der Waals surface area (Å²) >= 11 is 6.00. The first-order valence-corrected chi connectivity index (χ1v) is 8.19. The Morgan fingerprint density at radius 2 is 1.72 bits per heavy atom. The van der Waals surface area contributed by atoms with Gasteiger partial charge in [0.25, 0.3) is 5.91 Å². The summed E-state index contributed by atoms with van der Waals surface area (Å²) in [7, 11) is 0. The molecule has 0 unspecified atom stereocenters. The summed E-state index contributed by atoms with van der Waals surface area (Å²) in [6.45, 7) is 5.02. The van der Waals surface area contributed by atoms with Crippen molar-refractivity contribution in [1.29, 1.82) is 0 Å². The average Bonchev–Trinajstić information content (AvgIpc) is 2.57. The van der Waals surface area contributed by atoms with E-state index in [2.05, 4.69) is 5.32 Å². The number of aryl methyl sites for hydroxylation is 2. The molecule has 2 aromatic rings. The summed E-state index contributed by atoms with van der Waals surface area (Å²) in [6.07, 6.45) is -0.939. The molecule has 0 bridgehead atoms. The lowest BCUT2D eigenvalue weighted by atomic mass is 10.2. The lowest BCUT2D eigenvalue weighted by molar-refractivity contribution is -0.155. The van der Waals surface area contributed by atoms with Crippen LogP contribution in [0.4, 0.5) is 5.69 Å². The maximum atomic E-state index is 12.1. The second-order valence-corrected chi connectivity index (χ2v) is 6.12. The molecule has 0 aliphatic rings. The second kappa shape index (κ2) is 8.53. The molecule has 1 atom stereocenters. The highest BCUT2D eigenvalue weighted by atomic mass is 35.5. The van der Waals surface area contributed by atoms with E-state index in [1.807, 2.05) is 32.0 Å². The third kappa shape index (κ3) is 5.80. The summed E-state index contributed by atoms with van der Waals surface area (Å²) in [5, 5.41) is 3.09. The van der Waals surface area contributed by atoms with Gasteiger partial charge >= 0.3 is 5.97 Å². The third-order valence-corrected chi connectivity index (χ3v) is 3.74. The fraction of sp³-hybridized carbons (Fsp3) is 0.263. The van der Waals surface area contributed by atoms with Crippen LogP contribution in [0.3, 0.4) is 0 Å². The normalized spacial score (nSPS) is 11.5. The molecule has 0 heterocycles.